The quantitative estimate of drug-likeness (QED) is 0.555. The van der Waals surface area contributed by atoms with E-state index < -0.39 is 26.0 Å². The molecule has 0 saturated carbocycles. The molecule has 0 bridgehead atoms. The third kappa shape index (κ3) is 5.82. The fourth-order valence-electron chi connectivity index (χ4n) is 3.63. The average molecular weight is 498 g/mol. The number of ether oxygens (including phenoxy) is 2. The van der Waals surface area contributed by atoms with Crippen LogP contribution in [0.4, 0.5) is 0 Å². The number of amides is 1. The van der Waals surface area contributed by atoms with Crippen molar-refractivity contribution in [3.05, 3.63) is 48.0 Å². The highest BCUT2D eigenvalue weighted by Gasteiger charge is 2.33. The van der Waals surface area contributed by atoms with Gasteiger partial charge in [-0.05, 0) is 42.7 Å². The number of benzene rings is 2. The number of primary sulfonamides is 1. The lowest BCUT2D eigenvalue weighted by Gasteiger charge is -2.31. The van der Waals surface area contributed by atoms with Gasteiger partial charge >= 0.3 is 0 Å². The van der Waals surface area contributed by atoms with Crippen molar-refractivity contribution in [2.24, 2.45) is 11.1 Å². The molecule has 3 N–H and O–H groups in total. The monoisotopic (exact) mass is 497 g/mol. The van der Waals surface area contributed by atoms with E-state index >= 15 is 0 Å². The van der Waals surface area contributed by atoms with E-state index in [0.717, 1.165) is 0 Å². The summed E-state index contributed by atoms with van der Waals surface area (Å²) in [5, 5.41) is 7.88. The van der Waals surface area contributed by atoms with Gasteiger partial charge in [-0.2, -0.15) is 4.31 Å². The number of rotatable bonds is 8. The summed E-state index contributed by atoms with van der Waals surface area (Å²) in [5.74, 6) is -0.0436. The maximum atomic E-state index is 13.2. The van der Waals surface area contributed by atoms with Crippen LogP contribution in [0.3, 0.4) is 0 Å². The van der Waals surface area contributed by atoms with Crippen molar-refractivity contribution in [3.63, 3.8) is 0 Å². The topological polar surface area (TPSA) is 145 Å². The molecule has 2 aromatic rings. The minimum Gasteiger partial charge on any atom is -0.493 e. The Bertz CT molecular complexity index is 1210. The summed E-state index contributed by atoms with van der Waals surface area (Å²) in [7, 11) is -4.71. The molecule has 0 aliphatic carbocycles. The Morgan fingerprint density at radius 1 is 1.03 bits per heavy atom. The standard InChI is InChI=1S/C21H27N3O7S2/c1-30-19-10-9-18(12-20(19)31-2)33(28,29)24-11-3-4-16(14-24)21(25)23-13-15-5-7-17(8-6-15)32(22,26)27/h5-10,12,16H,3-4,11,13-14H2,1-2H3,(H,23,25)(H2,22,26,27)/t16-/m0/s1. The molecule has 0 unspecified atom stereocenters. The predicted molar refractivity (Wildman–Crippen MR) is 121 cm³/mol. The zero-order valence-corrected chi connectivity index (χ0v) is 20.0. The van der Waals surface area contributed by atoms with Gasteiger partial charge in [-0.15, -0.1) is 0 Å². The Morgan fingerprint density at radius 3 is 2.27 bits per heavy atom. The van der Waals surface area contributed by atoms with Gasteiger partial charge in [0.15, 0.2) is 11.5 Å². The van der Waals surface area contributed by atoms with Gasteiger partial charge < -0.3 is 14.8 Å². The number of hydrogen-bond acceptors (Lipinski definition) is 7. The number of methoxy groups -OCH3 is 2. The second-order valence-electron chi connectivity index (χ2n) is 7.63. The molecule has 180 valence electrons. The zero-order valence-electron chi connectivity index (χ0n) is 18.4. The second kappa shape index (κ2) is 10.1. The van der Waals surface area contributed by atoms with Crippen LogP contribution in [0, 0.1) is 5.92 Å². The Hall–Kier alpha value is -2.67. The van der Waals surface area contributed by atoms with Crippen LogP contribution in [0.1, 0.15) is 18.4 Å². The summed E-state index contributed by atoms with van der Waals surface area (Å²) in [6.45, 7) is 0.561. The molecule has 1 fully saturated rings. The first-order valence-corrected chi connectivity index (χ1v) is 13.2. The van der Waals surface area contributed by atoms with E-state index in [1.165, 1.54) is 48.9 Å². The molecular formula is C21H27N3O7S2. The predicted octanol–water partition coefficient (Wildman–Crippen LogP) is 1.07. The lowest BCUT2D eigenvalue weighted by Crippen LogP contribution is -2.45. The maximum Gasteiger partial charge on any atom is 0.243 e. The zero-order chi connectivity index (χ0) is 24.2. The number of carbonyl (C=O) groups excluding carboxylic acids is 1. The van der Waals surface area contributed by atoms with Gasteiger partial charge in [-0.25, -0.2) is 22.0 Å². The van der Waals surface area contributed by atoms with Gasteiger partial charge in [0.2, 0.25) is 26.0 Å². The minimum absolute atomic E-state index is 0.0131. The van der Waals surface area contributed by atoms with Crippen LogP contribution in [-0.4, -0.2) is 54.4 Å². The minimum atomic E-state index is -3.82. The van der Waals surface area contributed by atoms with Crippen molar-refractivity contribution < 1.29 is 31.1 Å². The van der Waals surface area contributed by atoms with E-state index in [9.17, 15) is 21.6 Å². The van der Waals surface area contributed by atoms with Gasteiger partial charge in [0.25, 0.3) is 0 Å². The lowest BCUT2D eigenvalue weighted by atomic mass is 9.99. The van der Waals surface area contributed by atoms with E-state index in [-0.39, 0.29) is 28.8 Å². The Balaban J connectivity index is 1.66. The van der Waals surface area contributed by atoms with Crippen LogP contribution < -0.4 is 19.9 Å². The molecule has 1 amide bonds. The summed E-state index contributed by atoms with van der Waals surface area (Å²) in [4.78, 5) is 12.8. The van der Waals surface area contributed by atoms with Crippen LogP contribution in [0.25, 0.3) is 0 Å². The number of hydrogen-bond donors (Lipinski definition) is 2. The summed E-state index contributed by atoms with van der Waals surface area (Å²) < 4.78 is 60.7. The number of piperidine rings is 1. The van der Waals surface area contributed by atoms with Gasteiger partial charge in [0.05, 0.1) is 29.9 Å². The van der Waals surface area contributed by atoms with Crippen LogP contribution in [0.15, 0.2) is 52.3 Å². The Labute approximate surface area is 193 Å². The van der Waals surface area contributed by atoms with Crippen molar-refractivity contribution in [2.75, 3.05) is 27.3 Å². The summed E-state index contributed by atoms with van der Waals surface area (Å²) in [6, 6.07) is 10.3. The molecule has 1 aliphatic rings. The molecule has 33 heavy (non-hydrogen) atoms. The van der Waals surface area contributed by atoms with Crippen LogP contribution in [0.5, 0.6) is 11.5 Å². The van der Waals surface area contributed by atoms with E-state index in [0.29, 0.717) is 36.4 Å². The SMILES string of the molecule is COc1ccc(S(=O)(=O)N2CCC[C@H](C(=O)NCc3ccc(S(N)(=O)=O)cc3)C2)cc1OC. The van der Waals surface area contributed by atoms with Crippen molar-refractivity contribution in [1.29, 1.82) is 0 Å². The fraction of sp³-hybridized carbons (Fsp3) is 0.381. The van der Waals surface area contributed by atoms with Gasteiger partial charge in [-0.1, -0.05) is 12.1 Å². The van der Waals surface area contributed by atoms with Gasteiger partial charge in [0.1, 0.15) is 0 Å². The molecule has 0 radical (unpaired) electrons. The highest BCUT2D eigenvalue weighted by Crippen LogP contribution is 2.32. The number of nitrogens with zero attached hydrogens (tertiary/aromatic N) is 1. The van der Waals surface area contributed by atoms with E-state index in [1.807, 2.05) is 0 Å². The molecular weight excluding hydrogens is 470 g/mol. The van der Waals surface area contributed by atoms with Crippen molar-refractivity contribution in [1.82, 2.24) is 9.62 Å². The maximum absolute atomic E-state index is 13.2. The number of carbonyl (C=O) groups is 1. The molecule has 12 heteroatoms. The van der Waals surface area contributed by atoms with Crippen molar-refractivity contribution >= 4 is 26.0 Å². The van der Waals surface area contributed by atoms with Crippen molar-refractivity contribution in [2.45, 2.75) is 29.2 Å². The highest BCUT2D eigenvalue weighted by atomic mass is 32.2. The third-order valence-corrected chi connectivity index (χ3v) is 8.26. The van der Waals surface area contributed by atoms with Gasteiger partial charge in [0, 0.05) is 25.7 Å². The van der Waals surface area contributed by atoms with E-state index in [1.54, 1.807) is 12.1 Å². The molecule has 1 aliphatic heterocycles. The first kappa shape index (κ1) is 25.0. The number of sulfonamides is 2. The molecule has 0 aromatic heterocycles. The number of nitrogens with one attached hydrogen (secondary N) is 1. The lowest BCUT2D eigenvalue weighted by molar-refractivity contribution is -0.126. The molecule has 2 aromatic carbocycles. The Kier molecular flexibility index (Phi) is 7.62. The second-order valence-corrected chi connectivity index (χ2v) is 11.1. The first-order valence-electron chi connectivity index (χ1n) is 10.2. The molecule has 1 saturated heterocycles. The smallest absolute Gasteiger partial charge is 0.243 e. The largest absolute Gasteiger partial charge is 0.493 e. The van der Waals surface area contributed by atoms with E-state index in [2.05, 4.69) is 5.32 Å². The highest BCUT2D eigenvalue weighted by molar-refractivity contribution is 7.89. The molecule has 1 atom stereocenters. The molecule has 10 nitrogen and oxygen atoms in total. The average Bonchev–Trinajstić information content (AvgIpc) is 2.81. The van der Waals surface area contributed by atoms with Gasteiger partial charge in [-0.3, -0.25) is 4.79 Å². The molecule has 0 spiro atoms. The van der Waals surface area contributed by atoms with Crippen LogP contribution >= 0.6 is 0 Å². The first-order chi connectivity index (χ1) is 15.6. The van der Waals surface area contributed by atoms with Crippen molar-refractivity contribution in [3.8, 4) is 11.5 Å². The summed E-state index contributed by atoms with van der Waals surface area (Å²) in [5.41, 5.74) is 0.696. The van der Waals surface area contributed by atoms with E-state index in [4.69, 9.17) is 14.6 Å². The number of nitrogens with two attached hydrogens (primary N) is 1. The summed E-state index contributed by atoms with van der Waals surface area (Å²) in [6.07, 6.45) is 1.11. The normalized spacial score (nSPS) is 17.4. The molecule has 1 heterocycles. The molecule has 3 rings (SSSR count). The summed E-state index contributed by atoms with van der Waals surface area (Å²) >= 11 is 0. The Morgan fingerprint density at radius 2 is 1.67 bits per heavy atom. The fourth-order valence-corrected chi connectivity index (χ4v) is 5.69. The van der Waals surface area contributed by atoms with Crippen LogP contribution in [0.2, 0.25) is 0 Å². The third-order valence-electron chi connectivity index (χ3n) is 5.47. The van der Waals surface area contributed by atoms with Crippen LogP contribution in [-0.2, 0) is 31.4 Å².